The number of rotatable bonds is 3. The first-order valence-electron chi connectivity index (χ1n) is 5.04. The molecule has 0 saturated heterocycles. The molecule has 1 rings (SSSR count). The van der Waals surface area contributed by atoms with Crippen LogP contribution >= 0.6 is 22.6 Å². The van der Waals surface area contributed by atoms with Crippen LogP contribution in [0.25, 0.3) is 0 Å². The Hall–Kier alpha value is -1.09. The van der Waals surface area contributed by atoms with Crippen LogP contribution in [0.1, 0.15) is 35.3 Å². The van der Waals surface area contributed by atoms with Crippen molar-refractivity contribution in [3.8, 4) is 6.07 Å². The van der Waals surface area contributed by atoms with Gasteiger partial charge in [0.1, 0.15) is 0 Å². The summed E-state index contributed by atoms with van der Waals surface area (Å²) in [5.74, 6) is -0.346. The van der Waals surface area contributed by atoms with Crippen LogP contribution in [0.4, 0.5) is 0 Å². The Bertz CT molecular complexity index is 449. The van der Waals surface area contributed by atoms with Gasteiger partial charge in [-0.3, -0.25) is 0 Å². The zero-order valence-corrected chi connectivity index (χ0v) is 11.4. The second-order valence-electron chi connectivity index (χ2n) is 3.13. The van der Waals surface area contributed by atoms with Crippen molar-refractivity contribution in [1.82, 2.24) is 0 Å². The van der Waals surface area contributed by atoms with E-state index in [1.54, 1.807) is 19.1 Å². The Kier molecular flexibility index (Phi) is 4.74. The van der Waals surface area contributed by atoms with Crippen molar-refractivity contribution in [2.24, 2.45) is 0 Å². The fraction of sp³-hybridized carbons (Fsp3) is 0.333. The van der Waals surface area contributed by atoms with E-state index in [4.69, 9.17) is 10.00 Å². The van der Waals surface area contributed by atoms with Gasteiger partial charge in [0.2, 0.25) is 0 Å². The molecule has 3 nitrogen and oxygen atoms in total. The van der Waals surface area contributed by atoms with E-state index in [1.165, 1.54) is 0 Å². The average molecular weight is 329 g/mol. The first-order valence-corrected chi connectivity index (χ1v) is 6.12. The van der Waals surface area contributed by atoms with E-state index in [9.17, 15) is 4.79 Å². The molecule has 0 bridgehead atoms. The number of carbonyl (C=O) groups excluding carboxylic acids is 1. The topological polar surface area (TPSA) is 50.1 Å². The number of carbonyl (C=O) groups is 1. The van der Waals surface area contributed by atoms with E-state index >= 15 is 0 Å². The molecule has 0 atom stereocenters. The number of hydrogen-bond acceptors (Lipinski definition) is 3. The van der Waals surface area contributed by atoms with Gasteiger partial charge in [-0.2, -0.15) is 5.26 Å². The van der Waals surface area contributed by atoms with Crippen LogP contribution in [0.2, 0.25) is 0 Å². The lowest BCUT2D eigenvalue weighted by Gasteiger charge is -2.10. The number of esters is 1. The van der Waals surface area contributed by atoms with Crippen LogP contribution in [0.3, 0.4) is 0 Å². The van der Waals surface area contributed by atoms with Gasteiger partial charge in [0.05, 0.1) is 23.8 Å². The van der Waals surface area contributed by atoms with Gasteiger partial charge in [-0.1, -0.05) is 6.92 Å². The summed E-state index contributed by atoms with van der Waals surface area (Å²) in [6.07, 6.45) is 0.647. The van der Waals surface area contributed by atoms with Crippen molar-refractivity contribution in [3.05, 3.63) is 32.4 Å². The van der Waals surface area contributed by atoms with Gasteiger partial charge >= 0.3 is 5.97 Å². The lowest BCUT2D eigenvalue weighted by Crippen LogP contribution is -2.11. The van der Waals surface area contributed by atoms with Crippen LogP contribution in [-0.4, -0.2) is 12.6 Å². The molecule has 1 aromatic carbocycles. The summed E-state index contributed by atoms with van der Waals surface area (Å²) in [7, 11) is 0. The van der Waals surface area contributed by atoms with Gasteiger partial charge in [0.15, 0.2) is 0 Å². The monoisotopic (exact) mass is 329 g/mol. The van der Waals surface area contributed by atoms with Gasteiger partial charge in [0.25, 0.3) is 0 Å². The molecule has 84 valence electrons. The molecule has 0 N–H and O–H groups in total. The highest BCUT2D eigenvalue weighted by Crippen LogP contribution is 2.22. The van der Waals surface area contributed by atoms with Gasteiger partial charge in [-0.15, -0.1) is 0 Å². The summed E-state index contributed by atoms with van der Waals surface area (Å²) >= 11 is 2.09. The first-order chi connectivity index (χ1) is 7.65. The molecular formula is C12H12INO2. The number of nitriles is 1. The van der Waals surface area contributed by atoms with E-state index in [1.807, 2.05) is 6.92 Å². The lowest BCUT2D eigenvalue weighted by molar-refractivity contribution is 0.0524. The average Bonchev–Trinajstić information content (AvgIpc) is 2.28. The SMILES string of the molecule is CCOC(=O)c1c(I)ccc(C#N)c1CC. The number of halogens is 1. The summed E-state index contributed by atoms with van der Waals surface area (Å²) in [4.78, 5) is 11.8. The second kappa shape index (κ2) is 5.85. The van der Waals surface area contributed by atoms with Crippen molar-refractivity contribution in [2.45, 2.75) is 20.3 Å². The van der Waals surface area contributed by atoms with E-state index in [2.05, 4.69) is 28.7 Å². The van der Waals surface area contributed by atoms with Crippen molar-refractivity contribution in [1.29, 1.82) is 5.26 Å². The third kappa shape index (κ3) is 2.53. The Balaban J connectivity index is 3.35. The van der Waals surface area contributed by atoms with Crippen LogP contribution in [0, 0.1) is 14.9 Å². The maximum absolute atomic E-state index is 11.8. The van der Waals surface area contributed by atoms with Crippen LogP contribution in [-0.2, 0) is 11.2 Å². The number of nitrogens with zero attached hydrogens (tertiary/aromatic N) is 1. The first kappa shape index (κ1) is 13.0. The molecule has 0 amide bonds. The minimum atomic E-state index is -0.346. The summed E-state index contributed by atoms with van der Waals surface area (Å²) in [5, 5.41) is 8.97. The highest BCUT2D eigenvalue weighted by Gasteiger charge is 2.18. The van der Waals surface area contributed by atoms with Gasteiger partial charge < -0.3 is 4.74 Å². The zero-order valence-electron chi connectivity index (χ0n) is 9.21. The molecule has 0 aliphatic rings. The van der Waals surface area contributed by atoms with E-state index in [0.29, 0.717) is 24.2 Å². The Morgan fingerprint density at radius 1 is 1.50 bits per heavy atom. The van der Waals surface area contributed by atoms with E-state index in [0.717, 1.165) is 9.13 Å². The second-order valence-corrected chi connectivity index (χ2v) is 4.30. The van der Waals surface area contributed by atoms with Crippen molar-refractivity contribution >= 4 is 28.6 Å². The largest absolute Gasteiger partial charge is 0.462 e. The normalized spacial score (nSPS) is 9.62. The number of benzene rings is 1. The molecule has 0 unspecified atom stereocenters. The van der Waals surface area contributed by atoms with Crippen molar-refractivity contribution in [2.75, 3.05) is 6.61 Å². The minimum absolute atomic E-state index is 0.342. The van der Waals surface area contributed by atoms with Crippen LogP contribution < -0.4 is 0 Å². The van der Waals surface area contributed by atoms with E-state index < -0.39 is 0 Å². The Morgan fingerprint density at radius 2 is 2.19 bits per heavy atom. The summed E-state index contributed by atoms with van der Waals surface area (Å²) in [6.45, 7) is 4.04. The molecule has 0 fully saturated rings. The third-order valence-corrected chi connectivity index (χ3v) is 3.11. The molecule has 4 heteroatoms. The molecule has 0 spiro atoms. The third-order valence-electron chi connectivity index (χ3n) is 2.22. The lowest BCUT2D eigenvalue weighted by atomic mass is 9.99. The summed E-state index contributed by atoms with van der Waals surface area (Å²) < 4.78 is 5.82. The van der Waals surface area contributed by atoms with Gasteiger partial charge in [0, 0.05) is 3.57 Å². The van der Waals surface area contributed by atoms with E-state index in [-0.39, 0.29) is 5.97 Å². The quantitative estimate of drug-likeness (QED) is 0.633. The molecule has 0 saturated carbocycles. The van der Waals surface area contributed by atoms with Crippen molar-refractivity contribution in [3.63, 3.8) is 0 Å². The van der Waals surface area contributed by atoms with Crippen molar-refractivity contribution < 1.29 is 9.53 Å². The standard InChI is InChI=1S/C12H12INO2/c1-3-9-8(7-14)5-6-10(13)11(9)12(15)16-4-2/h5-6H,3-4H2,1-2H3. The van der Waals surface area contributed by atoms with Gasteiger partial charge in [-0.05, 0) is 53.6 Å². The molecule has 1 aromatic rings. The van der Waals surface area contributed by atoms with Crippen LogP contribution in [0.15, 0.2) is 12.1 Å². The fourth-order valence-electron chi connectivity index (χ4n) is 1.52. The Morgan fingerprint density at radius 3 is 2.69 bits per heavy atom. The molecule has 0 radical (unpaired) electrons. The molecular weight excluding hydrogens is 317 g/mol. The smallest absolute Gasteiger partial charge is 0.339 e. The molecule has 0 heterocycles. The maximum Gasteiger partial charge on any atom is 0.339 e. The zero-order chi connectivity index (χ0) is 12.1. The molecule has 0 aliphatic heterocycles. The highest BCUT2D eigenvalue weighted by atomic mass is 127. The highest BCUT2D eigenvalue weighted by molar-refractivity contribution is 14.1. The maximum atomic E-state index is 11.8. The fourth-order valence-corrected chi connectivity index (χ4v) is 2.24. The number of hydrogen-bond donors (Lipinski definition) is 0. The Labute approximate surface area is 109 Å². The number of ether oxygens (including phenoxy) is 1. The molecule has 16 heavy (non-hydrogen) atoms. The predicted molar refractivity (Wildman–Crippen MR) is 69.2 cm³/mol. The van der Waals surface area contributed by atoms with Crippen LogP contribution in [0.5, 0.6) is 0 Å². The summed E-state index contributed by atoms with van der Waals surface area (Å²) in [6, 6.07) is 5.61. The summed E-state index contributed by atoms with van der Waals surface area (Å²) in [5.41, 5.74) is 1.85. The van der Waals surface area contributed by atoms with Gasteiger partial charge in [-0.25, -0.2) is 4.79 Å². The molecule has 0 aliphatic carbocycles. The predicted octanol–water partition coefficient (Wildman–Crippen LogP) is 2.90. The molecule has 0 aromatic heterocycles. The minimum Gasteiger partial charge on any atom is -0.462 e.